The average Bonchev–Trinajstić information content (AvgIpc) is 3.27. The number of nitrogens with zero attached hydrogens (tertiary/aromatic N) is 2. The first kappa shape index (κ1) is 21.1. The van der Waals surface area contributed by atoms with E-state index in [0.717, 1.165) is 5.69 Å². The van der Waals surface area contributed by atoms with Gasteiger partial charge in [-0.25, -0.2) is 9.07 Å². The fraction of sp³-hybridized carbons (Fsp3) is 0.120. The maximum atomic E-state index is 14.0. The fourth-order valence-electron chi connectivity index (χ4n) is 3.32. The van der Waals surface area contributed by atoms with E-state index in [1.807, 2.05) is 30.3 Å². The Kier molecular flexibility index (Phi) is 5.89. The fourth-order valence-corrected chi connectivity index (χ4v) is 3.32. The molecule has 0 radical (unpaired) electrons. The van der Waals surface area contributed by atoms with Gasteiger partial charge in [-0.3, -0.25) is 4.79 Å². The summed E-state index contributed by atoms with van der Waals surface area (Å²) in [6.45, 7) is 1.67. The van der Waals surface area contributed by atoms with Crippen LogP contribution < -0.4 is 14.8 Å². The molecule has 0 spiro atoms. The van der Waals surface area contributed by atoms with Crippen LogP contribution in [0.25, 0.3) is 16.9 Å². The molecule has 0 atom stereocenters. The largest absolute Gasteiger partial charge is 0.497 e. The van der Waals surface area contributed by atoms with Gasteiger partial charge in [-0.1, -0.05) is 24.3 Å². The molecule has 0 aliphatic rings. The standard InChI is InChI=1S/C25H22FN3O3/c1-16-9-10-17(13-22(16)26)27-25(30)21-15-29(18-7-5-4-6-8-18)28-24(21)20-12-11-19(31-2)14-23(20)32-3/h4-15H,1-3H3,(H,27,30). The van der Waals surface area contributed by atoms with Crippen molar-refractivity contribution in [1.29, 1.82) is 0 Å². The number of anilines is 1. The molecular weight excluding hydrogens is 409 g/mol. The van der Waals surface area contributed by atoms with Crippen molar-refractivity contribution in [3.63, 3.8) is 0 Å². The number of aromatic nitrogens is 2. The lowest BCUT2D eigenvalue weighted by molar-refractivity contribution is 0.102. The number of methoxy groups -OCH3 is 2. The summed E-state index contributed by atoms with van der Waals surface area (Å²) in [7, 11) is 3.11. The van der Waals surface area contributed by atoms with Gasteiger partial charge in [-0.05, 0) is 48.9 Å². The van der Waals surface area contributed by atoms with Crippen LogP contribution in [0.5, 0.6) is 11.5 Å². The van der Waals surface area contributed by atoms with Gasteiger partial charge in [0.25, 0.3) is 5.91 Å². The van der Waals surface area contributed by atoms with Gasteiger partial charge in [0, 0.05) is 23.5 Å². The lowest BCUT2D eigenvalue weighted by Crippen LogP contribution is -2.12. The first-order chi connectivity index (χ1) is 15.5. The van der Waals surface area contributed by atoms with E-state index in [1.165, 1.54) is 6.07 Å². The molecule has 0 saturated heterocycles. The van der Waals surface area contributed by atoms with Gasteiger partial charge < -0.3 is 14.8 Å². The second kappa shape index (κ2) is 8.93. The number of benzene rings is 3. The highest BCUT2D eigenvalue weighted by molar-refractivity contribution is 6.08. The normalized spacial score (nSPS) is 10.6. The predicted molar refractivity (Wildman–Crippen MR) is 121 cm³/mol. The summed E-state index contributed by atoms with van der Waals surface area (Å²) < 4.78 is 26.4. The zero-order valence-corrected chi connectivity index (χ0v) is 17.9. The minimum absolute atomic E-state index is 0.318. The Morgan fingerprint density at radius 2 is 1.78 bits per heavy atom. The van der Waals surface area contributed by atoms with Crippen LogP contribution in [0.1, 0.15) is 15.9 Å². The molecule has 0 bridgehead atoms. The zero-order chi connectivity index (χ0) is 22.7. The minimum atomic E-state index is -0.414. The van der Waals surface area contributed by atoms with Gasteiger partial charge in [0.1, 0.15) is 23.0 Å². The van der Waals surface area contributed by atoms with Gasteiger partial charge in [0.05, 0.1) is 25.5 Å². The van der Waals surface area contributed by atoms with Crippen LogP contribution in [0.4, 0.5) is 10.1 Å². The summed E-state index contributed by atoms with van der Waals surface area (Å²) in [5, 5.41) is 7.43. The Hall–Kier alpha value is -4.13. The summed E-state index contributed by atoms with van der Waals surface area (Å²) in [6.07, 6.45) is 1.65. The van der Waals surface area contributed by atoms with Crippen molar-refractivity contribution in [3.8, 4) is 28.4 Å². The third-order valence-electron chi connectivity index (χ3n) is 5.07. The third kappa shape index (κ3) is 4.18. The molecule has 1 N–H and O–H groups in total. The first-order valence-corrected chi connectivity index (χ1v) is 9.95. The van der Waals surface area contributed by atoms with Crippen LogP contribution in [-0.2, 0) is 0 Å². The molecule has 32 heavy (non-hydrogen) atoms. The number of aryl methyl sites for hydroxylation is 1. The van der Waals surface area contributed by atoms with Crippen molar-refractivity contribution in [2.24, 2.45) is 0 Å². The summed E-state index contributed by atoms with van der Waals surface area (Å²) in [4.78, 5) is 13.2. The van der Waals surface area contributed by atoms with Crippen molar-refractivity contribution in [3.05, 3.63) is 89.9 Å². The highest BCUT2D eigenvalue weighted by atomic mass is 19.1. The predicted octanol–water partition coefficient (Wildman–Crippen LogP) is 5.26. The van der Waals surface area contributed by atoms with E-state index < -0.39 is 5.91 Å². The van der Waals surface area contributed by atoms with E-state index in [4.69, 9.17) is 9.47 Å². The molecule has 162 valence electrons. The summed E-state index contributed by atoms with van der Waals surface area (Å²) in [6, 6.07) is 19.3. The molecule has 0 fully saturated rings. The van der Waals surface area contributed by atoms with Crippen LogP contribution in [0.2, 0.25) is 0 Å². The lowest BCUT2D eigenvalue weighted by atomic mass is 10.1. The number of hydrogen-bond donors (Lipinski definition) is 1. The molecular formula is C25H22FN3O3. The Morgan fingerprint density at radius 1 is 1.00 bits per heavy atom. The van der Waals surface area contributed by atoms with Crippen LogP contribution >= 0.6 is 0 Å². The number of amides is 1. The van der Waals surface area contributed by atoms with Crippen LogP contribution in [0.3, 0.4) is 0 Å². The Bertz CT molecular complexity index is 1270. The molecule has 4 rings (SSSR count). The van der Waals surface area contributed by atoms with E-state index in [9.17, 15) is 9.18 Å². The van der Waals surface area contributed by atoms with Gasteiger partial charge in [0.2, 0.25) is 0 Å². The van der Waals surface area contributed by atoms with E-state index in [1.54, 1.807) is 62.4 Å². The molecule has 0 aliphatic heterocycles. The molecule has 3 aromatic carbocycles. The maximum Gasteiger partial charge on any atom is 0.259 e. The zero-order valence-electron chi connectivity index (χ0n) is 17.9. The van der Waals surface area contributed by atoms with Gasteiger partial charge in [-0.2, -0.15) is 5.10 Å². The third-order valence-corrected chi connectivity index (χ3v) is 5.07. The Morgan fingerprint density at radius 3 is 2.47 bits per heavy atom. The molecule has 4 aromatic rings. The van der Waals surface area contributed by atoms with Crippen molar-refractivity contribution in [2.75, 3.05) is 19.5 Å². The Balaban J connectivity index is 1.81. The van der Waals surface area contributed by atoms with E-state index in [-0.39, 0.29) is 5.82 Å². The van der Waals surface area contributed by atoms with Crippen molar-refractivity contribution >= 4 is 11.6 Å². The Labute approximate surface area is 185 Å². The smallest absolute Gasteiger partial charge is 0.259 e. The SMILES string of the molecule is COc1ccc(-c2nn(-c3ccccc3)cc2C(=O)Nc2ccc(C)c(F)c2)c(OC)c1. The highest BCUT2D eigenvalue weighted by Gasteiger charge is 2.22. The molecule has 6 nitrogen and oxygen atoms in total. The van der Waals surface area contributed by atoms with Crippen LogP contribution in [0.15, 0.2) is 72.9 Å². The van der Waals surface area contributed by atoms with E-state index in [0.29, 0.717) is 39.6 Å². The van der Waals surface area contributed by atoms with Crippen molar-refractivity contribution < 1.29 is 18.7 Å². The van der Waals surface area contributed by atoms with Gasteiger partial charge in [0.15, 0.2) is 0 Å². The number of ether oxygens (including phenoxy) is 2. The number of carbonyl (C=O) groups is 1. The molecule has 7 heteroatoms. The molecule has 0 saturated carbocycles. The summed E-state index contributed by atoms with van der Waals surface area (Å²) >= 11 is 0. The second-order valence-corrected chi connectivity index (χ2v) is 7.16. The minimum Gasteiger partial charge on any atom is -0.497 e. The number of para-hydroxylation sites is 1. The van der Waals surface area contributed by atoms with E-state index >= 15 is 0 Å². The second-order valence-electron chi connectivity index (χ2n) is 7.16. The van der Waals surface area contributed by atoms with Crippen LogP contribution in [-0.4, -0.2) is 29.9 Å². The number of nitrogens with one attached hydrogen (secondary N) is 1. The summed E-state index contributed by atoms with van der Waals surface area (Å²) in [5.41, 5.74) is 3.03. The van der Waals surface area contributed by atoms with Crippen molar-refractivity contribution in [1.82, 2.24) is 9.78 Å². The maximum absolute atomic E-state index is 14.0. The number of rotatable bonds is 6. The number of halogens is 1. The van der Waals surface area contributed by atoms with Crippen molar-refractivity contribution in [2.45, 2.75) is 6.92 Å². The highest BCUT2D eigenvalue weighted by Crippen LogP contribution is 2.35. The number of carbonyl (C=O) groups excluding carboxylic acids is 1. The molecule has 1 heterocycles. The summed E-state index contributed by atoms with van der Waals surface area (Å²) in [5.74, 6) is 0.329. The molecule has 0 aliphatic carbocycles. The first-order valence-electron chi connectivity index (χ1n) is 9.95. The molecule has 1 aromatic heterocycles. The van der Waals surface area contributed by atoms with Crippen LogP contribution in [0, 0.1) is 12.7 Å². The average molecular weight is 431 g/mol. The molecule has 1 amide bonds. The lowest BCUT2D eigenvalue weighted by Gasteiger charge is -2.10. The number of hydrogen-bond acceptors (Lipinski definition) is 4. The quantitative estimate of drug-likeness (QED) is 0.453. The van der Waals surface area contributed by atoms with E-state index in [2.05, 4.69) is 10.4 Å². The topological polar surface area (TPSA) is 65.4 Å². The van der Waals surface area contributed by atoms with Gasteiger partial charge >= 0.3 is 0 Å². The monoisotopic (exact) mass is 431 g/mol. The molecule has 0 unspecified atom stereocenters. The van der Waals surface area contributed by atoms with Gasteiger partial charge in [-0.15, -0.1) is 0 Å².